The van der Waals surface area contributed by atoms with Crippen LogP contribution in [-0.2, 0) is 20.9 Å². The van der Waals surface area contributed by atoms with E-state index >= 15 is 0 Å². The molecule has 0 aromatic heterocycles. The average molecular weight is 360 g/mol. The molecule has 2 atom stereocenters. The third-order valence-corrected chi connectivity index (χ3v) is 4.95. The minimum Gasteiger partial charge on any atom is -0.368 e. The summed E-state index contributed by atoms with van der Waals surface area (Å²) in [6.45, 7) is 3.98. The molecule has 2 unspecified atom stereocenters. The van der Waals surface area contributed by atoms with E-state index in [1.807, 2.05) is 18.2 Å². The lowest BCUT2D eigenvalue weighted by Crippen LogP contribution is -2.62. The van der Waals surface area contributed by atoms with E-state index in [0.29, 0.717) is 32.8 Å². The second-order valence-corrected chi connectivity index (χ2v) is 6.85. The van der Waals surface area contributed by atoms with Crippen LogP contribution in [0, 0.1) is 0 Å². The fourth-order valence-corrected chi connectivity index (χ4v) is 3.58. The zero-order valence-electron chi connectivity index (χ0n) is 15.1. The molecule has 3 N–H and O–H groups in total. The lowest BCUT2D eigenvalue weighted by Gasteiger charge is -2.41. The van der Waals surface area contributed by atoms with Crippen LogP contribution in [0.4, 0.5) is 0 Å². The van der Waals surface area contributed by atoms with Crippen LogP contribution in [0.1, 0.15) is 18.4 Å². The number of nitrogens with one attached hydrogen (secondary N) is 1. The van der Waals surface area contributed by atoms with Crippen LogP contribution in [0.25, 0.3) is 0 Å². The molecule has 1 aromatic rings. The third-order valence-electron chi connectivity index (χ3n) is 4.95. The monoisotopic (exact) mass is 360 g/mol. The van der Waals surface area contributed by atoms with Crippen molar-refractivity contribution in [2.45, 2.75) is 31.5 Å². The first-order chi connectivity index (χ1) is 12.7. The van der Waals surface area contributed by atoms with E-state index < -0.39 is 12.1 Å². The van der Waals surface area contributed by atoms with Crippen LogP contribution in [0.15, 0.2) is 30.3 Å². The summed E-state index contributed by atoms with van der Waals surface area (Å²) in [5, 5.41) is 2.84. The normalized spacial score (nSPS) is 23.8. The molecule has 2 aliphatic rings. The predicted octanol–water partition coefficient (Wildman–Crippen LogP) is -0.0467. The maximum Gasteiger partial charge on any atom is 0.252 e. The number of ether oxygens (including phenoxy) is 1. The first-order valence-corrected chi connectivity index (χ1v) is 9.35. The Morgan fingerprint density at radius 2 is 2.04 bits per heavy atom. The van der Waals surface area contributed by atoms with E-state index in [9.17, 15) is 9.59 Å². The standard InChI is InChI=1S/C19H28N4O3/c20-8-9-21-18(24)16-14-22(13-15-5-2-1-3-6-15)10-11-23(16)19(25)17-7-4-12-26-17/h1-3,5-6,16-17H,4,7-14,20H2,(H,21,24). The van der Waals surface area contributed by atoms with Gasteiger partial charge in [-0.05, 0) is 18.4 Å². The smallest absolute Gasteiger partial charge is 0.252 e. The molecule has 1 aromatic carbocycles. The van der Waals surface area contributed by atoms with Gasteiger partial charge in [-0.25, -0.2) is 0 Å². The summed E-state index contributed by atoms with van der Waals surface area (Å²) >= 11 is 0. The summed E-state index contributed by atoms with van der Waals surface area (Å²) in [4.78, 5) is 29.4. The van der Waals surface area contributed by atoms with Crippen molar-refractivity contribution in [2.75, 3.05) is 39.3 Å². The van der Waals surface area contributed by atoms with Crippen molar-refractivity contribution in [2.24, 2.45) is 5.73 Å². The summed E-state index contributed by atoms with van der Waals surface area (Å²) < 4.78 is 5.54. The molecule has 2 saturated heterocycles. The van der Waals surface area contributed by atoms with Gasteiger partial charge in [-0.2, -0.15) is 0 Å². The molecule has 2 heterocycles. The first kappa shape index (κ1) is 18.8. The Hall–Kier alpha value is -1.96. The van der Waals surface area contributed by atoms with Gasteiger partial charge >= 0.3 is 0 Å². The number of nitrogens with zero attached hydrogens (tertiary/aromatic N) is 2. The number of rotatable bonds is 6. The van der Waals surface area contributed by atoms with Crippen molar-refractivity contribution in [1.29, 1.82) is 0 Å². The number of piperazine rings is 1. The molecule has 142 valence electrons. The van der Waals surface area contributed by atoms with Crippen molar-refractivity contribution >= 4 is 11.8 Å². The van der Waals surface area contributed by atoms with Crippen molar-refractivity contribution in [3.63, 3.8) is 0 Å². The highest BCUT2D eigenvalue weighted by Gasteiger charge is 2.39. The Balaban J connectivity index is 1.68. The average Bonchev–Trinajstić information content (AvgIpc) is 3.21. The first-order valence-electron chi connectivity index (χ1n) is 9.35. The number of hydrogen-bond acceptors (Lipinski definition) is 5. The van der Waals surface area contributed by atoms with E-state index in [0.717, 1.165) is 25.9 Å². The largest absolute Gasteiger partial charge is 0.368 e. The highest BCUT2D eigenvalue weighted by molar-refractivity contribution is 5.90. The maximum absolute atomic E-state index is 12.8. The number of carbonyl (C=O) groups excluding carboxylic acids is 2. The highest BCUT2D eigenvalue weighted by Crippen LogP contribution is 2.20. The lowest BCUT2D eigenvalue weighted by atomic mass is 10.1. The van der Waals surface area contributed by atoms with Crippen molar-refractivity contribution in [3.8, 4) is 0 Å². The summed E-state index contributed by atoms with van der Waals surface area (Å²) in [5.41, 5.74) is 6.71. The predicted molar refractivity (Wildman–Crippen MR) is 98.3 cm³/mol. The Kier molecular flexibility index (Phi) is 6.60. The number of carbonyl (C=O) groups is 2. The Morgan fingerprint density at radius 1 is 1.23 bits per heavy atom. The summed E-state index contributed by atoms with van der Waals surface area (Å²) in [6.07, 6.45) is 1.23. The molecule has 0 radical (unpaired) electrons. The van der Waals surface area contributed by atoms with Crippen LogP contribution in [-0.4, -0.2) is 73.1 Å². The molecular weight excluding hydrogens is 332 g/mol. The van der Waals surface area contributed by atoms with Gasteiger partial charge in [0.25, 0.3) is 5.91 Å². The second kappa shape index (κ2) is 9.12. The van der Waals surface area contributed by atoms with Gasteiger partial charge in [0.05, 0.1) is 0 Å². The van der Waals surface area contributed by atoms with E-state index in [-0.39, 0.29) is 11.8 Å². The van der Waals surface area contributed by atoms with Crippen molar-refractivity contribution < 1.29 is 14.3 Å². The molecule has 2 aliphatic heterocycles. The zero-order valence-corrected chi connectivity index (χ0v) is 15.1. The summed E-state index contributed by atoms with van der Waals surface area (Å²) in [7, 11) is 0. The van der Waals surface area contributed by atoms with Gasteiger partial charge in [0.15, 0.2) is 0 Å². The summed E-state index contributed by atoms with van der Waals surface area (Å²) in [5.74, 6) is -0.200. The molecule has 7 heteroatoms. The van der Waals surface area contributed by atoms with Crippen LogP contribution in [0.3, 0.4) is 0 Å². The number of nitrogens with two attached hydrogens (primary N) is 1. The molecule has 2 amide bonds. The Morgan fingerprint density at radius 3 is 2.73 bits per heavy atom. The molecule has 7 nitrogen and oxygen atoms in total. The molecular formula is C19H28N4O3. The quantitative estimate of drug-likeness (QED) is 0.743. The summed E-state index contributed by atoms with van der Waals surface area (Å²) in [6, 6.07) is 9.66. The third kappa shape index (κ3) is 4.60. The van der Waals surface area contributed by atoms with Gasteiger partial charge in [-0.15, -0.1) is 0 Å². The van der Waals surface area contributed by atoms with E-state index in [2.05, 4.69) is 22.3 Å². The minimum absolute atomic E-state index is 0.0604. The Bertz CT molecular complexity index is 604. The van der Waals surface area contributed by atoms with Gasteiger partial charge in [0.1, 0.15) is 12.1 Å². The SMILES string of the molecule is NCCNC(=O)C1CN(Cc2ccccc2)CCN1C(=O)C1CCCO1. The zero-order chi connectivity index (χ0) is 18.4. The van der Waals surface area contributed by atoms with Gasteiger partial charge in [-0.3, -0.25) is 14.5 Å². The van der Waals surface area contributed by atoms with Gasteiger partial charge in [0, 0.05) is 45.9 Å². The Labute approximate surface area is 154 Å². The molecule has 3 rings (SSSR count). The molecule has 0 saturated carbocycles. The maximum atomic E-state index is 12.8. The van der Waals surface area contributed by atoms with Crippen LogP contribution in [0.2, 0.25) is 0 Å². The molecule has 0 aliphatic carbocycles. The number of benzene rings is 1. The minimum atomic E-state index is -0.504. The molecule has 0 bridgehead atoms. The highest BCUT2D eigenvalue weighted by atomic mass is 16.5. The molecule has 26 heavy (non-hydrogen) atoms. The van der Waals surface area contributed by atoms with Crippen LogP contribution >= 0.6 is 0 Å². The van der Waals surface area contributed by atoms with E-state index in [1.165, 1.54) is 5.56 Å². The van der Waals surface area contributed by atoms with Gasteiger partial charge < -0.3 is 20.7 Å². The van der Waals surface area contributed by atoms with Crippen molar-refractivity contribution in [1.82, 2.24) is 15.1 Å². The van der Waals surface area contributed by atoms with Crippen LogP contribution < -0.4 is 11.1 Å². The van der Waals surface area contributed by atoms with Crippen molar-refractivity contribution in [3.05, 3.63) is 35.9 Å². The topological polar surface area (TPSA) is 87.9 Å². The second-order valence-electron chi connectivity index (χ2n) is 6.85. The molecule has 2 fully saturated rings. The van der Waals surface area contributed by atoms with E-state index in [1.54, 1.807) is 4.90 Å². The number of amides is 2. The lowest BCUT2D eigenvalue weighted by molar-refractivity contribution is -0.151. The fraction of sp³-hybridized carbons (Fsp3) is 0.579. The van der Waals surface area contributed by atoms with E-state index in [4.69, 9.17) is 10.5 Å². The fourth-order valence-electron chi connectivity index (χ4n) is 3.58. The number of hydrogen-bond donors (Lipinski definition) is 2. The molecule has 0 spiro atoms. The van der Waals surface area contributed by atoms with Gasteiger partial charge in [-0.1, -0.05) is 30.3 Å². The van der Waals surface area contributed by atoms with Gasteiger partial charge in [0.2, 0.25) is 5.91 Å². The van der Waals surface area contributed by atoms with Crippen LogP contribution in [0.5, 0.6) is 0 Å².